The molecule has 2 aromatic carbocycles. The van der Waals surface area contributed by atoms with Crippen LogP contribution in [0.4, 0.5) is 5.69 Å². The van der Waals surface area contributed by atoms with Gasteiger partial charge in [0.15, 0.2) is 0 Å². The summed E-state index contributed by atoms with van der Waals surface area (Å²) in [4.78, 5) is 0. The van der Waals surface area contributed by atoms with E-state index in [9.17, 15) is 5.26 Å². The van der Waals surface area contributed by atoms with E-state index < -0.39 is 0 Å². The summed E-state index contributed by atoms with van der Waals surface area (Å²) in [6, 6.07) is 15.8. The Kier molecular flexibility index (Phi) is 5.08. The quantitative estimate of drug-likeness (QED) is 0.891. The van der Waals surface area contributed by atoms with E-state index >= 15 is 0 Å². The van der Waals surface area contributed by atoms with E-state index in [1.54, 1.807) is 13.2 Å². The Morgan fingerprint density at radius 1 is 1.29 bits per heavy atom. The van der Waals surface area contributed by atoms with E-state index in [-0.39, 0.29) is 5.92 Å². The number of anilines is 1. The van der Waals surface area contributed by atoms with Gasteiger partial charge in [-0.1, -0.05) is 41.9 Å². The zero-order chi connectivity index (χ0) is 15.2. The average molecular weight is 301 g/mol. The molecule has 0 fully saturated rings. The molecule has 0 saturated heterocycles. The first-order chi connectivity index (χ1) is 10.2. The Morgan fingerprint density at radius 2 is 2.00 bits per heavy atom. The van der Waals surface area contributed by atoms with Gasteiger partial charge in [-0.15, -0.1) is 0 Å². The second-order valence-corrected chi connectivity index (χ2v) is 5.18. The van der Waals surface area contributed by atoms with Crippen molar-refractivity contribution in [1.82, 2.24) is 0 Å². The van der Waals surface area contributed by atoms with Crippen LogP contribution in [0.3, 0.4) is 0 Å². The van der Waals surface area contributed by atoms with Crippen molar-refractivity contribution in [2.45, 2.75) is 12.8 Å². The number of nitrogens with zero attached hydrogens (tertiary/aromatic N) is 1. The van der Waals surface area contributed by atoms with Gasteiger partial charge in [-0.25, -0.2) is 0 Å². The summed E-state index contributed by atoms with van der Waals surface area (Å²) >= 11 is 6.09. The zero-order valence-corrected chi connectivity index (χ0v) is 12.8. The molecule has 2 aromatic rings. The first kappa shape index (κ1) is 15.2. The molecule has 3 nitrogen and oxygen atoms in total. The van der Waals surface area contributed by atoms with Crippen molar-refractivity contribution in [3.05, 3.63) is 58.6 Å². The lowest BCUT2D eigenvalue weighted by Gasteiger charge is -2.15. The van der Waals surface area contributed by atoms with Gasteiger partial charge in [-0.2, -0.15) is 5.26 Å². The third-order valence-corrected chi connectivity index (χ3v) is 3.74. The molecule has 0 spiro atoms. The van der Waals surface area contributed by atoms with Crippen molar-refractivity contribution in [2.24, 2.45) is 0 Å². The molecule has 21 heavy (non-hydrogen) atoms. The van der Waals surface area contributed by atoms with Crippen molar-refractivity contribution in [3.8, 4) is 11.8 Å². The SMILES string of the molecule is COc1cc(Cl)c(C)cc1NCC(C#N)c1ccccc1. The lowest BCUT2D eigenvalue weighted by molar-refractivity contribution is 0.416. The van der Waals surface area contributed by atoms with E-state index in [2.05, 4.69) is 11.4 Å². The van der Waals surface area contributed by atoms with Gasteiger partial charge in [-0.05, 0) is 24.1 Å². The highest BCUT2D eigenvalue weighted by Gasteiger charge is 2.12. The Hall–Kier alpha value is -2.18. The van der Waals surface area contributed by atoms with Gasteiger partial charge in [0.2, 0.25) is 0 Å². The van der Waals surface area contributed by atoms with Gasteiger partial charge in [0.05, 0.1) is 24.8 Å². The van der Waals surface area contributed by atoms with Crippen LogP contribution in [0, 0.1) is 18.3 Å². The first-order valence-electron chi connectivity index (χ1n) is 6.68. The van der Waals surface area contributed by atoms with Crippen LogP contribution in [-0.4, -0.2) is 13.7 Å². The van der Waals surface area contributed by atoms with Crippen molar-refractivity contribution in [2.75, 3.05) is 19.0 Å². The summed E-state index contributed by atoms with van der Waals surface area (Å²) in [5.41, 5.74) is 2.81. The maximum atomic E-state index is 9.34. The fourth-order valence-corrected chi connectivity index (χ4v) is 2.26. The number of rotatable bonds is 5. The second-order valence-electron chi connectivity index (χ2n) is 4.77. The molecular weight excluding hydrogens is 284 g/mol. The third kappa shape index (κ3) is 3.68. The second kappa shape index (κ2) is 7.01. The lowest BCUT2D eigenvalue weighted by atomic mass is 10.0. The fourth-order valence-electron chi connectivity index (χ4n) is 2.11. The number of nitrogens with one attached hydrogen (secondary N) is 1. The molecule has 0 amide bonds. The summed E-state index contributed by atoms with van der Waals surface area (Å²) in [6.45, 7) is 2.45. The Labute approximate surface area is 130 Å². The van der Waals surface area contributed by atoms with E-state index in [0.717, 1.165) is 16.8 Å². The monoisotopic (exact) mass is 300 g/mol. The van der Waals surface area contributed by atoms with Crippen LogP contribution in [0.5, 0.6) is 5.75 Å². The molecule has 0 aromatic heterocycles. The molecular formula is C17H17ClN2O. The van der Waals surface area contributed by atoms with Gasteiger partial charge >= 0.3 is 0 Å². The molecule has 0 aliphatic rings. The minimum absolute atomic E-state index is 0.216. The maximum absolute atomic E-state index is 9.34. The Bertz CT molecular complexity index is 650. The van der Waals surface area contributed by atoms with E-state index in [1.807, 2.05) is 43.3 Å². The molecule has 1 N–H and O–H groups in total. The smallest absolute Gasteiger partial charge is 0.143 e. The van der Waals surface area contributed by atoms with E-state index in [1.165, 1.54) is 0 Å². The fraction of sp³-hybridized carbons (Fsp3) is 0.235. The summed E-state index contributed by atoms with van der Waals surface area (Å²) in [7, 11) is 1.60. The number of aryl methyl sites for hydroxylation is 1. The minimum Gasteiger partial charge on any atom is -0.495 e. The highest BCUT2D eigenvalue weighted by Crippen LogP contribution is 2.31. The predicted molar refractivity (Wildman–Crippen MR) is 86.0 cm³/mol. The van der Waals surface area contributed by atoms with E-state index in [4.69, 9.17) is 16.3 Å². The van der Waals surface area contributed by atoms with Crippen LogP contribution in [0.2, 0.25) is 5.02 Å². The molecule has 0 radical (unpaired) electrons. The standard InChI is InChI=1S/C17H17ClN2O/c1-12-8-16(17(21-2)9-15(12)18)20-11-14(10-19)13-6-4-3-5-7-13/h3-9,14,20H,11H2,1-2H3. The van der Waals surface area contributed by atoms with Crippen LogP contribution < -0.4 is 10.1 Å². The molecule has 0 aliphatic carbocycles. The van der Waals surface area contributed by atoms with Gasteiger partial charge in [-0.3, -0.25) is 0 Å². The average Bonchev–Trinajstić information content (AvgIpc) is 2.52. The molecule has 0 saturated carbocycles. The van der Waals surface area contributed by atoms with Crippen LogP contribution in [0.15, 0.2) is 42.5 Å². The summed E-state index contributed by atoms with van der Waals surface area (Å²) in [6.07, 6.45) is 0. The number of benzene rings is 2. The summed E-state index contributed by atoms with van der Waals surface area (Å²) in [5, 5.41) is 13.3. The van der Waals surface area contributed by atoms with Crippen molar-refractivity contribution in [1.29, 1.82) is 5.26 Å². The number of halogens is 1. The molecule has 0 bridgehead atoms. The minimum atomic E-state index is -0.216. The number of methoxy groups -OCH3 is 1. The van der Waals surface area contributed by atoms with Crippen molar-refractivity contribution in [3.63, 3.8) is 0 Å². The normalized spacial score (nSPS) is 11.5. The van der Waals surface area contributed by atoms with Gasteiger partial charge in [0, 0.05) is 17.6 Å². The van der Waals surface area contributed by atoms with Gasteiger partial charge in [0.1, 0.15) is 5.75 Å². The molecule has 2 rings (SSSR count). The summed E-state index contributed by atoms with van der Waals surface area (Å²) in [5.74, 6) is 0.460. The summed E-state index contributed by atoms with van der Waals surface area (Å²) < 4.78 is 5.32. The van der Waals surface area contributed by atoms with Crippen LogP contribution in [0.25, 0.3) is 0 Å². The predicted octanol–water partition coefficient (Wildman–Crippen LogP) is 4.38. The van der Waals surface area contributed by atoms with Crippen molar-refractivity contribution < 1.29 is 4.74 Å². The van der Waals surface area contributed by atoms with Gasteiger partial charge in [0.25, 0.3) is 0 Å². The van der Waals surface area contributed by atoms with Crippen LogP contribution in [-0.2, 0) is 0 Å². The molecule has 108 valence electrons. The highest BCUT2D eigenvalue weighted by atomic mass is 35.5. The van der Waals surface area contributed by atoms with Gasteiger partial charge < -0.3 is 10.1 Å². The highest BCUT2D eigenvalue weighted by molar-refractivity contribution is 6.31. The number of hydrogen-bond acceptors (Lipinski definition) is 3. The number of nitriles is 1. The zero-order valence-electron chi connectivity index (χ0n) is 12.1. The topological polar surface area (TPSA) is 45.0 Å². The van der Waals surface area contributed by atoms with E-state index in [0.29, 0.717) is 17.3 Å². The van der Waals surface area contributed by atoms with Crippen LogP contribution >= 0.6 is 11.6 Å². The Balaban J connectivity index is 2.16. The Morgan fingerprint density at radius 3 is 2.62 bits per heavy atom. The molecule has 1 atom stereocenters. The maximum Gasteiger partial charge on any atom is 0.143 e. The van der Waals surface area contributed by atoms with Crippen LogP contribution in [0.1, 0.15) is 17.0 Å². The lowest BCUT2D eigenvalue weighted by Crippen LogP contribution is -2.12. The molecule has 0 aliphatic heterocycles. The first-order valence-corrected chi connectivity index (χ1v) is 7.06. The number of hydrogen-bond donors (Lipinski definition) is 1. The molecule has 1 unspecified atom stereocenters. The molecule has 0 heterocycles. The third-order valence-electron chi connectivity index (χ3n) is 3.34. The van der Waals surface area contributed by atoms with Crippen molar-refractivity contribution >= 4 is 17.3 Å². The number of ether oxygens (including phenoxy) is 1. The molecule has 4 heteroatoms. The largest absolute Gasteiger partial charge is 0.495 e.